The first-order valence-electron chi connectivity index (χ1n) is 6.30. The van der Waals surface area contributed by atoms with Gasteiger partial charge < -0.3 is 0 Å². The molecule has 1 saturated carbocycles. The largest absolute Gasteiger partial charge is 0.289 e. The van der Waals surface area contributed by atoms with Gasteiger partial charge in [0.2, 0.25) is 0 Å². The molecule has 0 spiro atoms. The first kappa shape index (κ1) is 12.1. The molecule has 1 aliphatic carbocycles. The minimum atomic E-state index is -0.535. The van der Waals surface area contributed by atoms with Crippen LogP contribution in [0.3, 0.4) is 0 Å². The Bertz CT molecular complexity index is 367. The number of hydrogen-bond acceptors (Lipinski definition) is 2. The molecule has 3 nitrogen and oxygen atoms in total. The number of rotatable bonds is 2. The summed E-state index contributed by atoms with van der Waals surface area (Å²) >= 11 is 0. The Morgan fingerprint density at radius 1 is 1.06 bits per heavy atom. The molecule has 0 aromatic heterocycles. The van der Waals surface area contributed by atoms with E-state index in [-0.39, 0.29) is 5.91 Å². The molecular weight excluding hydrogens is 214 g/mol. The Hall–Kier alpha value is -1.35. The number of amides is 1. The molecule has 0 saturated heterocycles. The van der Waals surface area contributed by atoms with E-state index in [0.717, 1.165) is 31.2 Å². The Labute approximate surface area is 102 Å². The van der Waals surface area contributed by atoms with Crippen molar-refractivity contribution in [1.82, 2.24) is 5.48 Å². The maximum absolute atomic E-state index is 12.1. The lowest BCUT2D eigenvalue weighted by Gasteiger charge is -2.30. The summed E-state index contributed by atoms with van der Waals surface area (Å²) in [4.78, 5) is 12.1. The standard InChI is InChI=1S/C14H19NO2/c16-13(15-17)14(10-6-1-2-7-11-14)12-8-4-3-5-9-12/h3-5,8-9,17H,1-2,6-7,10-11H2,(H,15,16). The number of carbonyl (C=O) groups is 1. The molecule has 1 aromatic carbocycles. The van der Waals surface area contributed by atoms with Gasteiger partial charge in [0.1, 0.15) is 0 Å². The molecule has 0 atom stereocenters. The van der Waals surface area contributed by atoms with Crippen molar-refractivity contribution in [2.24, 2.45) is 0 Å². The monoisotopic (exact) mass is 233 g/mol. The number of carbonyl (C=O) groups excluding carboxylic acids is 1. The van der Waals surface area contributed by atoms with Gasteiger partial charge in [-0.3, -0.25) is 10.0 Å². The van der Waals surface area contributed by atoms with Crippen LogP contribution in [0.15, 0.2) is 30.3 Å². The molecule has 92 valence electrons. The van der Waals surface area contributed by atoms with Crippen LogP contribution in [0.1, 0.15) is 44.1 Å². The summed E-state index contributed by atoms with van der Waals surface area (Å²) in [6, 6.07) is 9.82. The van der Waals surface area contributed by atoms with Crippen LogP contribution in [0.25, 0.3) is 0 Å². The molecule has 1 aromatic rings. The minimum Gasteiger partial charge on any atom is -0.289 e. The quantitative estimate of drug-likeness (QED) is 0.469. The highest BCUT2D eigenvalue weighted by molar-refractivity contribution is 5.87. The third-order valence-corrected chi connectivity index (χ3v) is 3.82. The van der Waals surface area contributed by atoms with Gasteiger partial charge in [0.05, 0.1) is 5.41 Å². The molecule has 17 heavy (non-hydrogen) atoms. The zero-order valence-corrected chi connectivity index (χ0v) is 9.98. The second-order valence-electron chi connectivity index (χ2n) is 4.80. The van der Waals surface area contributed by atoms with E-state index in [1.54, 1.807) is 0 Å². The molecule has 1 amide bonds. The van der Waals surface area contributed by atoms with Gasteiger partial charge in [-0.1, -0.05) is 56.0 Å². The summed E-state index contributed by atoms with van der Waals surface area (Å²) in [6.45, 7) is 0. The summed E-state index contributed by atoms with van der Waals surface area (Å²) in [5, 5.41) is 9.01. The smallest absolute Gasteiger partial charge is 0.253 e. The van der Waals surface area contributed by atoms with E-state index in [4.69, 9.17) is 5.21 Å². The lowest BCUT2D eigenvalue weighted by molar-refractivity contribution is -0.135. The molecule has 0 aliphatic heterocycles. The summed E-state index contributed by atoms with van der Waals surface area (Å²) in [5.74, 6) is -0.259. The van der Waals surface area contributed by atoms with Crippen molar-refractivity contribution in [3.8, 4) is 0 Å². The minimum absolute atomic E-state index is 0.259. The summed E-state index contributed by atoms with van der Waals surface area (Å²) in [6.07, 6.45) is 6.08. The number of nitrogens with one attached hydrogen (secondary N) is 1. The Balaban J connectivity index is 2.38. The third kappa shape index (κ3) is 2.34. The van der Waals surface area contributed by atoms with Crippen LogP contribution >= 0.6 is 0 Å². The van der Waals surface area contributed by atoms with Gasteiger partial charge >= 0.3 is 0 Å². The fraction of sp³-hybridized carbons (Fsp3) is 0.500. The molecule has 1 aliphatic rings. The first-order chi connectivity index (χ1) is 8.29. The number of hydrogen-bond donors (Lipinski definition) is 2. The van der Waals surface area contributed by atoms with Gasteiger partial charge in [0.25, 0.3) is 5.91 Å². The second kappa shape index (κ2) is 5.32. The van der Waals surface area contributed by atoms with Crippen LogP contribution in [0, 0.1) is 0 Å². The predicted molar refractivity (Wildman–Crippen MR) is 65.8 cm³/mol. The van der Waals surface area contributed by atoms with Crippen LogP contribution in [0.4, 0.5) is 0 Å². The first-order valence-corrected chi connectivity index (χ1v) is 6.30. The summed E-state index contributed by atoms with van der Waals surface area (Å²) < 4.78 is 0. The molecule has 0 radical (unpaired) electrons. The van der Waals surface area contributed by atoms with Crippen LogP contribution in [0.2, 0.25) is 0 Å². The molecule has 0 unspecified atom stereocenters. The molecule has 3 heteroatoms. The third-order valence-electron chi connectivity index (χ3n) is 3.82. The lowest BCUT2D eigenvalue weighted by atomic mass is 9.73. The molecule has 0 heterocycles. The van der Waals surface area contributed by atoms with Crippen molar-refractivity contribution in [3.05, 3.63) is 35.9 Å². The fourth-order valence-electron chi connectivity index (χ4n) is 2.84. The van der Waals surface area contributed by atoms with Gasteiger partial charge in [0, 0.05) is 0 Å². The van der Waals surface area contributed by atoms with Gasteiger partial charge in [0.15, 0.2) is 0 Å². The van der Waals surface area contributed by atoms with Crippen LogP contribution in [-0.4, -0.2) is 11.1 Å². The average molecular weight is 233 g/mol. The van der Waals surface area contributed by atoms with Gasteiger partial charge in [-0.15, -0.1) is 0 Å². The molecule has 1 fully saturated rings. The van der Waals surface area contributed by atoms with Crippen molar-refractivity contribution in [3.63, 3.8) is 0 Å². The van der Waals surface area contributed by atoms with Gasteiger partial charge in [-0.25, -0.2) is 5.48 Å². The highest BCUT2D eigenvalue weighted by Crippen LogP contribution is 2.38. The number of benzene rings is 1. The van der Waals surface area contributed by atoms with Crippen molar-refractivity contribution >= 4 is 5.91 Å². The van der Waals surface area contributed by atoms with E-state index in [2.05, 4.69) is 0 Å². The van der Waals surface area contributed by atoms with Crippen LogP contribution < -0.4 is 5.48 Å². The van der Waals surface area contributed by atoms with E-state index in [9.17, 15) is 4.79 Å². The van der Waals surface area contributed by atoms with Crippen molar-refractivity contribution in [1.29, 1.82) is 0 Å². The predicted octanol–water partition coefficient (Wildman–Crippen LogP) is 2.78. The van der Waals surface area contributed by atoms with E-state index in [0.29, 0.717) is 0 Å². The normalized spacial score (nSPS) is 19.4. The fourth-order valence-corrected chi connectivity index (χ4v) is 2.84. The van der Waals surface area contributed by atoms with Crippen LogP contribution in [0.5, 0.6) is 0 Å². The Morgan fingerprint density at radius 3 is 2.18 bits per heavy atom. The van der Waals surface area contributed by atoms with E-state index >= 15 is 0 Å². The Kier molecular flexibility index (Phi) is 3.79. The highest BCUT2D eigenvalue weighted by Gasteiger charge is 2.39. The lowest BCUT2D eigenvalue weighted by Crippen LogP contribution is -2.43. The molecule has 2 rings (SSSR count). The summed E-state index contributed by atoms with van der Waals surface area (Å²) in [5.41, 5.74) is 2.35. The number of hydroxylamine groups is 1. The van der Waals surface area contributed by atoms with Crippen molar-refractivity contribution in [2.45, 2.75) is 43.9 Å². The zero-order chi connectivity index (χ0) is 12.1. The zero-order valence-electron chi connectivity index (χ0n) is 9.98. The topological polar surface area (TPSA) is 49.3 Å². The van der Waals surface area contributed by atoms with E-state index in [1.165, 1.54) is 12.8 Å². The molecular formula is C14H19NO2. The maximum atomic E-state index is 12.1. The van der Waals surface area contributed by atoms with Crippen molar-refractivity contribution < 1.29 is 10.0 Å². The van der Waals surface area contributed by atoms with Crippen molar-refractivity contribution in [2.75, 3.05) is 0 Å². The Morgan fingerprint density at radius 2 is 1.65 bits per heavy atom. The van der Waals surface area contributed by atoms with E-state index < -0.39 is 5.41 Å². The van der Waals surface area contributed by atoms with Gasteiger partial charge in [-0.2, -0.15) is 0 Å². The van der Waals surface area contributed by atoms with Gasteiger partial charge in [-0.05, 0) is 18.4 Å². The average Bonchev–Trinajstić information content (AvgIpc) is 2.65. The second-order valence-corrected chi connectivity index (χ2v) is 4.80. The summed E-state index contributed by atoms with van der Waals surface area (Å²) in [7, 11) is 0. The van der Waals surface area contributed by atoms with E-state index in [1.807, 2.05) is 35.8 Å². The van der Waals surface area contributed by atoms with Crippen LogP contribution in [-0.2, 0) is 10.2 Å². The SMILES string of the molecule is O=C(NO)C1(c2ccccc2)CCCCCC1. The highest BCUT2D eigenvalue weighted by atomic mass is 16.5. The molecule has 0 bridgehead atoms. The maximum Gasteiger partial charge on any atom is 0.253 e. The molecule has 2 N–H and O–H groups in total.